The number of carbonyl (C=O) groups excluding carboxylic acids is 2. The molecule has 1 amide bonds. The van der Waals surface area contributed by atoms with E-state index >= 15 is 0 Å². The van der Waals surface area contributed by atoms with Crippen molar-refractivity contribution in [2.45, 2.75) is 47.9 Å². The fraction of sp³-hybridized carbons (Fsp3) is 0.556. The van der Waals surface area contributed by atoms with Gasteiger partial charge in [-0.3, -0.25) is 4.79 Å². The molecule has 1 saturated carbocycles. The minimum Gasteiger partial charge on any atom is -0.611 e. The summed E-state index contributed by atoms with van der Waals surface area (Å²) in [5, 5.41) is 10.4. The van der Waals surface area contributed by atoms with E-state index in [-0.39, 0.29) is 35.7 Å². The molecule has 2 fully saturated rings. The quantitative estimate of drug-likeness (QED) is 0.648. The van der Waals surface area contributed by atoms with Crippen LogP contribution in [-0.4, -0.2) is 50.7 Å². The summed E-state index contributed by atoms with van der Waals surface area (Å²) in [4.78, 5) is 25.7. The predicted octanol–water partition coefficient (Wildman–Crippen LogP) is 1.65. The Kier molecular flexibility index (Phi) is 5.46. The van der Waals surface area contributed by atoms with E-state index in [4.69, 9.17) is 0 Å². The standard InChI is InChI=1S/C18H22FNO4S/c19-14-1-3-15(4-2-14)25(24)16-7-10-20(11-16)17(22)18(23)8-5-13(12-21)6-9-18/h1-4,12-13,16,23H,5-11H2. The van der Waals surface area contributed by atoms with Gasteiger partial charge in [0, 0.05) is 18.9 Å². The molecular weight excluding hydrogens is 345 g/mol. The Morgan fingerprint density at radius 2 is 1.92 bits per heavy atom. The third kappa shape index (κ3) is 3.88. The highest BCUT2D eigenvalue weighted by molar-refractivity contribution is 7.92. The molecular formula is C18H22FNO4S. The van der Waals surface area contributed by atoms with Crippen LogP contribution in [0.1, 0.15) is 32.1 Å². The first-order valence-corrected chi connectivity index (χ1v) is 9.77. The van der Waals surface area contributed by atoms with E-state index in [0.717, 1.165) is 6.29 Å². The smallest absolute Gasteiger partial charge is 0.254 e. The highest BCUT2D eigenvalue weighted by Crippen LogP contribution is 2.34. The lowest BCUT2D eigenvalue weighted by atomic mass is 9.78. The molecule has 0 aromatic heterocycles. The zero-order valence-corrected chi connectivity index (χ0v) is 14.7. The monoisotopic (exact) mass is 367 g/mol. The van der Waals surface area contributed by atoms with Crippen molar-refractivity contribution in [3.8, 4) is 0 Å². The highest BCUT2D eigenvalue weighted by atomic mass is 32.2. The van der Waals surface area contributed by atoms with Crippen molar-refractivity contribution >= 4 is 23.4 Å². The molecule has 1 saturated heterocycles. The number of rotatable bonds is 4. The molecule has 0 bridgehead atoms. The summed E-state index contributed by atoms with van der Waals surface area (Å²) in [5.41, 5.74) is -1.41. The van der Waals surface area contributed by atoms with Crippen molar-refractivity contribution in [2.24, 2.45) is 5.92 Å². The van der Waals surface area contributed by atoms with Gasteiger partial charge in [-0.2, -0.15) is 0 Å². The molecule has 5 nitrogen and oxygen atoms in total. The lowest BCUT2D eigenvalue weighted by Crippen LogP contribution is -2.50. The minimum atomic E-state index is -1.41. The van der Waals surface area contributed by atoms with Crippen molar-refractivity contribution in [2.75, 3.05) is 13.1 Å². The predicted molar refractivity (Wildman–Crippen MR) is 90.8 cm³/mol. The Morgan fingerprint density at radius 3 is 2.52 bits per heavy atom. The maximum atomic E-state index is 13.0. The lowest BCUT2D eigenvalue weighted by Gasteiger charge is -2.35. The Balaban J connectivity index is 1.61. The molecule has 0 spiro atoms. The third-order valence-electron chi connectivity index (χ3n) is 5.23. The van der Waals surface area contributed by atoms with Gasteiger partial charge in [0.15, 0.2) is 4.90 Å². The van der Waals surface area contributed by atoms with Crippen molar-refractivity contribution < 1.29 is 23.6 Å². The second kappa shape index (κ2) is 7.43. The van der Waals surface area contributed by atoms with Gasteiger partial charge in [0.2, 0.25) is 0 Å². The molecule has 1 aromatic rings. The number of hydrogen-bond acceptors (Lipinski definition) is 4. The fourth-order valence-corrected chi connectivity index (χ4v) is 5.03. The van der Waals surface area contributed by atoms with E-state index in [1.54, 1.807) is 4.90 Å². The molecule has 25 heavy (non-hydrogen) atoms. The Morgan fingerprint density at radius 1 is 1.28 bits per heavy atom. The van der Waals surface area contributed by atoms with E-state index in [0.29, 0.717) is 37.2 Å². The van der Waals surface area contributed by atoms with Crippen LogP contribution in [0.3, 0.4) is 0 Å². The fourth-order valence-electron chi connectivity index (χ4n) is 3.61. The van der Waals surface area contributed by atoms with Gasteiger partial charge >= 0.3 is 0 Å². The molecule has 2 atom stereocenters. The molecule has 1 aliphatic carbocycles. The van der Waals surface area contributed by atoms with Crippen molar-refractivity contribution in [3.63, 3.8) is 0 Å². The zero-order valence-electron chi connectivity index (χ0n) is 13.9. The van der Waals surface area contributed by atoms with Crippen LogP contribution >= 0.6 is 0 Å². The van der Waals surface area contributed by atoms with Gasteiger partial charge in [-0.15, -0.1) is 0 Å². The third-order valence-corrected chi connectivity index (χ3v) is 6.96. The maximum Gasteiger partial charge on any atom is 0.254 e. The highest BCUT2D eigenvalue weighted by Gasteiger charge is 2.45. The van der Waals surface area contributed by atoms with Crippen LogP contribution in [0.25, 0.3) is 0 Å². The number of aldehydes is 1. The van der Waals surface area contributed by atoms with Gasteiger partial charge in [-0.05, 0) is 61.1 Å². The normalized spacial score (nSPS) is 30.9. The number of nitrogens with zero attached hydrogens (tertiary/aromatic N) is 1. The maximum absolute atomic E-state index is 13.0. The molecule has 1 aromatic carbocycles. The van der Waals surface area contributed by atoms with E-state index < -0.39 is 16.8 Å². The van der Waals surface area contributed by atoms with Crippen molar-refractivity contribution in [1.82, 2.24) is 4.90 Å². The average Bonchev–Trinajstić information content (AvgIpc) is 3.11. The van der Waals surface area contributed by atoms with E-state index in [2.05, 4.69) is 0 Å². The van der Waals surface area contributed by atoms with E-state index in [1.807, 2.05) is 0 Å². The summed E-state index contributed by atoms with van der Waals surface area (Å²) in [6.07, 6.45) is 3.09. The van der Waals surface area contributed by atoms with Crippen LogP contribution in [0.5, 0.6) is 0 Å². The topological polar surface area (TPSA) is 80.7 Å². The molecule has 136 valence electrons. The molecule has 1 N–H and O–H groups in total. The summed E-state index contributed by atoms with van der Waals surface area (Å²) < 4.78 is 25.6. The van der Waals surface area contributed by atoms with Crippen molar-refractivity contribution in [1.29, 1.82) is 0 Å². The van der Waals surface area contributed by atoms with Gasteiger partial charge in [-0.1, -0.05) is 0 Å². The van der Waals surface area contributed by atoms with E-state index in [9.17, 15) is 23.6 Å². The van der Waals surface area contributed by atoms with Crippen LogP contribution in [0.4, 0.5) is 4.39 Å². The molecule has 1 heterocycles. The van der Waals surface area contributed by atoms with E-state index in [1.165, 1.54) is 24.3 Å². The summed E-state index contributed by atoms with van der Waals surface area (Å²) in [6, 6.07) is 5.56. The summed E-state index contributed by atoms with van der Waals surface area (Å²) in [6.45, 7) is 0.776. The molecule has 3 rings (SSSR count). The Hall–Kier alpha value is -1.44. The molecule has 0 radical (unpaired) electrons. The van der Waals surface area contributed by atoms with Gasteiger partial charge in [0.1, 0.15) is 23.0 Å². The van der Waals surface area contributed by atoms with Crippen LogP contribution < -0.4 is 0 Å². The lowest BCUT2D eigenvalue weighted by molar-refractivity contribution is -0.155. The molecule has 1 aliphatic heterocycles. The summed E-state index contributed by atoms with van der Waals surface area (Å²) >= 11 is -1.32. The number of likely N-dealkylation sites (tertiary alicyclic amines) is 1. The number of benzene rings is 1. The van der Waals surface area contributed by atoms with Crippen LogP contribution in [0, 0.1) is 11.7 Å². The Labute approximate surface area is 149 Å². The molecule has 2 unspecified atom stereocenters. The second-order valence-electron chi connectivity index (χ2n) is 6.92. The summed E-state index contributed by atoms with van der Waals surface area (Å²) in [7, 11) is 0. The van der Waals surface area contributed by atoms with Crippen LogP contribution in [0.15, 0.2) is 29.2 Å². The van der Waals surface area contributed by atoms with Crippen molar-refractivity contribution in [3.05, 3.63) is 30.1 Å². The second-order valence-corrected chi connectivity index (χ2v) is 8.65. The summed E-state index contributed by atoms with van der Waals surface area (Å²) in [5.74, 6) is -0.780. The molecule has 2 aliphatic rings. The van der Waals surface area contributed by atoms with Crippen LogP contribution in [0.2, 0.25) is 0 Å². The minimum absolute atomic E-state index is 0.0784. The average molecular weight is 367 g/mol. The number of hydrogen-bond donors (Lipinski definition) is 1. The first-order chi connectivity index (χ1) is 11.9. The van der Waals surface area contributed by atoms with Gasteiger partial charge in [-0.25, -0.2) is 4.39 Å². The van der Waals surface area contributed by atoms with Gasteiger partial charge < -0.3 is 19.4 Å². The number of halogens is 1. The first kappa shape index (κ1) is 18.4. The van der Waals surface area contributed by atoms with Gasteiger partial charge in [0.05, 0.1) is 6.54 Å². The van der Waals surface area contributed by atoms with Gasteiger partial charge in [0.25, 0.3) is 5.91 Å². The first-order valence-electron chi connectivity index (χ1n) is 8.56. The molecule has 7 heteroatoms. The number of amides is 1. The van der Waals surface area contributed by atoms with Crippen LogP contribution in [-0.2, 0) is 20.8 Å². The SMILES string of the molecule is O=CC1CCC(O)(C(=O)N2CCC([S+]([O-])c3ccc(F)cc3)C2)CC1. The zero-order chi connectivity index (χ0) is 18.0. The Bertz CT molecular complexity index is 630. The number of carbonyl (C=O) groups is 2. The number of aliphatic hydroxyl groups is 1. The largest absolute Gasteiger partial charge is 0.611 e.